The molecule has 0 saturated heterocycles. The molecule has 1 aliphatic heterocycles. The van der Waals surface area contributed by atoms with E-state index in [2.05, 4.69) is 15.9 Å². The fourth-order valence-electron chi connectivity index (χ4n) is 1.83. The predicted octanol–water partition coefficient (Wildman–Crippen LogP) is 1.78. The van der Waals surface area contributed by atoms with Crippen LogP contribution in [0.15, 0.2) is 22.7 Å². The molecule has 0 bridgehead atoms. The summed E-state index contributed by atoms with van der Waals surface area (Å²) in [6.45, 7) is 2.23. The Bertz CT molecular complexity index is 485. The summed E-state index contributed by atoms with van der Waals surface area (Å²) in [4.78, 5) is 25.4. The van der Waals surface area contributed by atoms with Crippen LogP contribution in [0.25, 0.3) is 0 Å². The van der Waals surface area contributed by atoms with Gasteiger partial charge < -0.3 is 5.73 Å². The lowest BCUT2D eigenvalue weighted by molar-refractivity contribution is 0.0650. The highest BCUT2D eigenvalue weighted by Gasteiger charge is 2.36. The van der Waals surface area contributed by atoms with Crippen LogP contribution in [0.2, 0.25) is 0 Å². The fraction of sp³-hybridized carbons (Fsp3) is 0.333. The molecule has 0 spiro atoms. The zero-order valence-corrected chi connectivity index (χ0v) is 11.0. The van der Waals surface area contributed by atoms with Gasteiger partial charge in [-0.05, 0) is 41.4 Å². The minimum atomic E-state index is -0.238. The Morgan fingerprint density at radius 2 is 2.06 bits per heavy atom. The van der Waals surface area contributed by atoms with Crippen LogP contribution >= 0.6 is 15.9 Å². The third-order valence-corrected chi connectivity index (χ3v) is 3.42. The highest BCUT2D eigenvalue weighted by Crippen LogP contribution is 2.29. The Hall–Kier alpha value is -1.20. The lowest BCUT2D eigenvalue weighted by Crippen LogP contribution is -2.33. The number of rotatable bonds is 3. The van der Waals surface area contributed by atoms with Gasteiger partial charge in [0.2, 0.25) is 0 Å². The van der Waals surface area contributed by atoms with Crippen LogP contribution in [0, 0.1) is 0 Å². The molecular weight excluding hydrogens is 284 g/mol. The first-order valence-electron chi connectivity index (χ1n) is 5.42. The molecule has 5 heteroatoms. The summed E-state index contributed by atoms with van der Waals surface area (Å²) in [6.07, 6.45) is 0.614. The van der Waals surface area contributed by atoms with E-state index in [9.17, 15) is 9.59 Å². The van der Waals surface area contributed by atoms with E-state index in [1.807, 2.05) is 6.92 Å². The van der Waals surface area contributed by atoms with Gasteiger partial charge >= 0.3 is 0 Å². The van der Waals surface area contributed by atoms with Crippen LogP contribution in [0.5, 0.6) is 0 Å². The number of halogens is 1. The Morgan fingerprint density at radius 3 is 2.65 bits per heavy atom. The monoisotopic (exact) mass is 296 g/mol. The Morgan fingerprint density at radius 1 is 1.35 bits per heavy atom. The van der Waals surface area contributed by atoms with Crippen molar-refractivity contribution in [2.24, 2.45) is 5.73 Å². The lowest BCUT2D eigenvalue weighted by atomic mass is 10.1. The maximum Gasteiger partial charge on any atom is 0.262 e. The van der Waals surface area contributed by atoms with Crippen molar-refractivity contribution in [3.05, 3.63) is 33.8 Å². The molecule has 1 atom stereocenters. The van der Waals surface area contributed by atoms with Gasteiger partial charge in [0.05, 0.1) is 11.1 Å². The van der Waals surface area contributed by atoms with E-state index in [1.54, 1.807) is 18.2 Å². The second-order valence-corrected chi connectivity index (χ2v) is 5.04. The number of hydrogen-bond acceptors (Lipinski definition) is 3. The number of amides is 2. The molecule has 4 nitrogen and oxygen atoms in total. The van der Waals surface area contributed by atoms with Crippen molar-refractivity contribution >= 4 is 27.7 Å². The summed E-state index contributed by atoms with van der Waals surface area (Å²) < 4.78 is 0.664. The molecule has 90 valence electrons. The Labute approximate surface area is 108 Å². The van der Waals surface area contributed by atoms with Crippen LogP contribution in [0.4, 0.5) is 0 Å². The molecule has 1 aromatic rings. The molecule has 1 aromatic carbocycles. The molecule has 2 amide bonds. The second-order valence-electron chi connectivity index (χ2n) is 4.19. The van der Waals surface area contributed by atoms with Crippen LogP contribution < -0.4 is 5.73 Å². The van der Waals surface area contributed by atoms with E-state index >= 15 is 0 Å². The largest absolute Gasteiger partial charge is 0.328 e. The molecule has 0 aromatic heterocycles. The van der Waals surface area contributed by atoms with E-state index in [1.165, 1.54) is 4.90 Å². The van der Waals surface area contributed by atoms with Gasteiger partial charge in [0, 0.05) is 17.1 Å². The topological polar surface area (TPSA) is 63.4 Å². The first-order valence-corrected chi connectivity index (χ1v) is 6.22. The zero-order valence-electron chi connectivity index (χ0n) is 9.44. The summed E-state index contributed by atoms with van der Waals surface area (Å²) in [5.41, 5.74) is 6.56. The van der Waals surface area contributed by atoms with Gasteiger partial charge in [-0.3, -0.25) is 14.5 Å². The Kier molecular flexibility index (Phi) is 3.31. The molecule has 17 heavy (non-hydrogen) atoms. The molecule has 0 fully saturated rings. The average molecular weight is 297 g/mol. The van der Waals surface area contributed by atoms with Crippen molar-refractivity contribution in [1.82, 2.24) is 4.90 Å². The molecule has 1 aliphatic rings. The maximum atomic E-state index is 12.1. The smallest absolute Gasteiger partial charge is 0.262 e. The quantitative estimate of drug-likeness (QED) is 0.865. The van der Waals surface area contributed by atoms with Crippen molar-refractivity contribution in [2.45, 2.75) is 19.4 Å². The highest BCUT2D eigenvalue weighted by atomic mass is 79.9. The highest BCUT2D eigenvalue weighted by molar-refractivity contribution is 9.10. The number of carbonyl (C=O) groups is 2. The summed E-state index contributed by atoms with van der Waals surface area (Å²) in [7, 11) is 0. The minimum absolute atomic E-state index is 0.0252. The van der Waals surface area contributed by atoms with E-state index in [-0.39, 0.29) is 17.9 Å². The van der Waals surface area contributed by atoms with Gasteiger partial charge in [0.1, 0.15) is 0 Å². The van der Waals surface area contributed by atoms with E-state index < -0.39 is 0 Å². The van der Waals surface area contributed by atoms with Crippen molar-refractivity contribution in [1.29, 1.82) is 0 Å². The van der Waals surface area contributed by atoms with Gasteiger partial charge in [-0.1, -0.05) is 6.07 Å². The van der Waals surface area contributed by atoms with Gasteiger partial charge in [0.15, 0.2) is 0 Å². The van der Waals surface area contributed by atoms with Gasteiger partial charge in [-0.2, -0.15) is 0 Å². The standard InChI is InChI=1S/C12H13BrN2O2/c1-7(14)5-6-15-11(16)8-3-2-4-9(13)10(8)12(15)17/h2-4,7H,5-6,14H2,1H3. The summed E-state index contributed by atoms with van der Waals surface area (Å²) in [5, 5.41) is 0. The normalized spacial score (nSPS) is 16.3. The molecule has 0 aliphatic carbocycles. The molecule has 2 rings (SSSR count). The third-order valence-electron chi connectivity index (χ3n) is 2.76. The molecular formula is C12H13BrN2O2. The molecule has 0 saturated carbocycles. The van der Waals surface area contributed by atoms with Crippen LogP contribution in [0.1, 0.15) is 34.1 Å². The van der Waals surface area contributed by atoms with Crippen molar-refractivity contribution in [3.63, 3.8) is 0 Å². The maximum absolute atomic E-state index is 12.1. The van der Waals surface area contributed by atoms with Gasteiger partial charge in [0.25, 0.3) is 11.8 Å². The summed E-state index contributed by atoms with van der Waals surface area (Å²) >= 11 is 3.30. The molecule has 2 N–H and O–H groups in total. The van der Waals surface area contributed by atoms with Gasteiger partial charge in [-0.25, -0.2) is 0 Å². The van der Waals surface area contributed by atoms with Crippen LogP contribution in [-0.2, 0) is 0 Å². The number of hydrogen-bond donors (Lipinski definition) is 1. The number of carbonyl (C=O) groups excluding carboxylic acids is 2. The van der Waals surface area contributed by atoms with Crippen LogP contribution in [-0.4, -0.2) is 29.3 Å². The number of nitrogens with two attached hydrogens (primary N) is 1. The summed E-state index contributed by atoms with van der Waals surface area (Å²) in [6, 6.07) is 5.16. The molecule has 0 radical (unpaired) electrons. The lowest BCUT2D eigenvalue weighted by Gasteiger charge is -2.14. The van der Waals surface area contributed by atoms with Crippen LogP contribution in [0.3, 0.4) is 0 Å². The van der Waals surface area contributed by atoms with E-state index in [0.717, 1.165) is 0 Å². The minimum Gasteiger partial charge on any atom is -0.328 e. The number of fused-ring (bicyclic) bond motifs is 1. The number of benzene rings is 1. The van der Waals surface area contributed by atoms with Crippen molar-refractivity contribution < 1.29 is 9.59 Å². The zero-order chi connectivity index (χ0) is 12.6. The predicted molar refractivity (Wildman–Crippen MR) is 67.8 cm³/mol. The molecule has 1 heterocycles. The van der Waals surface area contributed by atoms with Crippen molar-refractivity contribution in [3.8, 4) is 0 Å². The summed E-state index contributed by atoms with van der Waals surface area (Å²) in [5.74, 6) is -0.468. The number of nitrogens with zero attached hydrogens (tertiary/aromatic N) is 1. The Balaban J connectivity index is 2.30. The first kappa shape index (κ1) is 12.3. The first-order chi connectivity index (χ1) is 8.02. The number of imide groups is 1. The molecule has 1 unspecified atom stereocenters. The van der Waals surface area contributed by atoms with Crippen molar-refractivity contribution in [2.75, 3.05) is 6.54 Å². The third kappa shape index (κ3) is 2.12. The SMILES string of the molecule is CC(N)CCN1C(=O)c2cccc(Br)c2C1=O. The fourth-order valence-corrected chi connectivity index (χ4v) is 2.36. The van der Waals surface area contributed by atoms with E-state index in [0.29, 0.717) is 28.6 Å². The van der Waals surface area contributed by atoms with E-state index in [4.69, 9.17) is 5.73 Å². The van der Waals surface area contributed by atoms with Gasteiger partial charge in [-0.15, -0.1) is 0 Å². The second kappa shape index (κ2) is 4.58. The average Bonchev–Trinajstić information content (AvgIpc) is 2.50.